The molecule has 100 valence electrons. The van der Waals surface area contributed by atoms with Crippen molar-refractivity contribution in [1.29, 1.82) is 0 Å². The smallest absolute Gasteiger partial charge is 0.124 e. The summed E-state index contributed by atoms with van der Waals surface area (Å²) < 4.78 is 18.8. The minimum atomic E-state index is -0.329. The van der Waals surface area contributed by atoms with Gasteiger partial charge in [-0.3, -0.25) is 11.3 Å². The van der Waals surface area contributed by atoms with Crippen LogP contribution in [-0.2, 0) is 11.2 Å². The maximum atomic E-state index is 13.0. The molecule has 0 amide bonds. The summed E-state index contributed by atoms with van der Waals surface area (Å²) in [6.45, 7) is 2.80. The minimum Gasteiger partial charge on any atom is -0.374 e. The average molecular weight is 273 g/mol. The second-order valence-corrected chi connectivity index (χ2v) is 5.33. The van der Waals surface area contributed by atoms with Crippen LogP contribution in [0.4, 0.5) is 4.39 Å². The van der Waals surface area contributed by atoms with Crippen molar-refractivity contribution in [2.24, 2.45) is 5.84 Å². The van der Waals surface area contributed by atoms with Gasteiger partial charge in [-0.25, -0.2) is 4.39 Å². The number of benzene rings is 1. The van der Waals surface area contributed by atoms with Crippen LogP contribution in [0.1, 0.15) is 25.3 Å². The number of rotatable bonds is 4. The van der Waals surface area contributed by atoms with Gasteiger partial charge in [-0.2, -0.15) is 0 Å². The van der Waals surface area contributed by atoms with Gasteiger partial charge in [0.05, 0.1) is 11.6 Å². The monoisotopic (exact) mass is 272 g/mol. The summed E-state index contributed by atoms with van der Waals surface area (Å²) in [6.07, 6.45) is 2.61. The molecule has 1 fully saturated rings. The zero-order chi connectivity index (χ0) is 13.2. The van der Waals surface area contributed by atoms with Crippen molar-refractivity contribution in [3.63, 3.8) is 0 Å². The first-order valence-corrected chi connectivity index (χ1v) is 6.47. The lowest BCUT2D eigenvalue weighted by Gasteiger charge is -2.33. The normalized spacial score (nSPS) is 25.3. The molecule has 0 radical (unpaired) electrons. The lowest BCUT2D eigenvalue weighted by atomic mass is 9.89. The molecule has 1 heterocycles. The molecule has 2 unspecified atom stereocenters. The first kappa shape index (κ1) is 13.7. The molecule has 0 aliphatic carbocycles. The molecule has 0 bridgehead atoms. The number of ether oxygens (including phenoxy) is 1. The molecule has 1 aliphatic rings. The second-order valence-electron chi connectivity index (χ2n) is 4.92. The second kappa shape index (κ2) is 5.53. The highest BCUT2D eigenvalue weighted by Gasteiger charge is 2.38. The van der Waals surface area contributed by atoms with Gasteiger partial charge < -0.3 is 4.74 Å². The van der Waals surface area contributed by atoms with E-state index in [2.05, 4.69) is 5.43 Å². The van der Waals surface area contributed by atoms with Crippen LogP contribution in [0, 0.1) is 5.82 Å². The van der Waals surface area contributed by atoms with Crippen LogP contribution in [0.15, 0.2) is 18.2 Å². The van der Waals surface area contributed by atoms with Gasteiger partial charge in [-0.15, -0.1) is 0 Å². The molecular weight excluding hydrogens is 255 g/mol. The van der Waals surface area contributed by atoms with Gasteiger partial charge in [0, 0.05) is 11.6 Å². The third-order valence-electron chi connectivity index (χ3n) is 3.63. The quantitative estimate of drug-likeness (QED) is 0.654. The Kier molecular flexibility index (Phi) is 4.22. The average Bonchev–Trinajstić information content (AvgIpc) is 2.76. The van der Waals surface area contributed by atoms with E-state index in [1.165, 1.54) is 12.1 Å². The lowest BCUT2D eigenvalue weighted by molar-refractivity contribution is -0.0115. The molecule has 0 spiro atoms. The highest BCUT2D eigenvalue weighted by molar-refractivity contribution is 6.31. The molecule has 1 aromatic carbocycles. The van der Waals surface area contributed by atoms with Crippen LogP contribution in [0.25, 0.3) is 0 Å². The Balaban J connectivity index is 2.15. The fourth-order valence-corrected chi connectivity index (χ4v) is 2.68. The van der Waals surface area contributed by atoms with Gasteiger partial charge in [-0.05, 0) is 43.9 Å². The summed E-state index contributed by atoms with van der Waals surface area (Å²) in [7, 11) is 0. The van der Waals surface area contributed by atoms with E-state index in [1.807, 2.05) is 6.92 Å². The van der Waals surface area contributed by atoms with Crippen LogP contribution in [0.2, 0.25) is 5.02 Å². The van der Waals surface area contributed by atoms with E-state index in [1.54, 1.807) is 6.07 Å². The predicted octanol–water partition coefficient (Wildman–Crippen LogP) is 2.42. The van der Waals surface area contributed by atoms with Crippen molar-refractivity contribution in [2.75, 3.05) is 6.61 Å². The Labute approximate surface area is 111 Å². The summed E-state index contributed by atoms with van der Waals surface area (Å²) in [5.74, 6) is 5.29. The van der Waals surface area contributed by atoms with Gasteiger partial charge in [0.25, 0.3) is 0 Å². The largest absolute Gasteiger partial charge is 0.374 e. The zero-order valence-electron chi connectivity index (χ0n) is 10.4. The standard InChI is InChI=1S/C13H18ClFN2O/c1-13(5-2-6-18-13)12(17-16)7-9-3-4-10(15)8-11(9)14/h3-4,8,12,17H,2,5-7,16H2,1H3. The minimum absolute atomic E-state index is 0.0389. The van der Waals surface area contributed by atoms with Crippen molar-refractivity contribution in [3.8, 4) is 0 Å². The number of halogens is 2. The first-order chi connectivity index (χ1) is 8.55. The third kappa shape index (κ3) is 2.83. The molecule has 1 aromatic rings. The summed E-state index contributed by atoms with van der Waals surface area (Å²) in [5, 5.41) is 0.428. The van der Waals surface area contributed by atoms with Crippen molar-refractivity contribution in [2.45, 2.75) is 37.8 Å². The van der Waals surface area contributed by atoms with Crippen molar-refractivity contribution in [3.05, 3.63) is 34.6 Å². The molecule has 0 saturated carbocycles. The van der Waals surface area contributed by atoms with Gasteiger partial charge in [0.15, 0.2) is 0 Å². The summed E-state index contributed by atoms with van der Waals surface area (Å²) in [6, 6.07) is 4.39. The Morgan fingerprint density at radius 2 is 2.39 bits per heavy atom. The van der Waals surface area contributed by atoms with Gasteiger partial charge in [0.1, 0.15) is 5.82 Å². The Hall–Kier alpha value is -0.680. The lowest BCUT2D eigenvalue weighted by Crippen LogP contribution is -2.52. The van der Waals surface area contributed by atoms with E-state index in [-0.39, 0.29) is 17.5 Å². The van der Waals surface area contributed by atoms with Gasteiger partial charge in [0.2, 0.25) is 0 Å². The third-order valence-corrected chi connectivity index (χ3v) is 3.98. The molecule has 2 rings (SSSR count). The van der Waals surface area contributed by atoms with Crippen molar-refractivity contribution < 1.29 is 9.13 Å². The fourth-order valence-electron chi connectivity index (χ4n) is 2.43. The Morgan fingerprint density at radius 3 is 2.94 bits per heavy atom. The Morgan fingerprint density at radius 1 is 1.61 bits per heavy atom. The van der Waals surface area contributed by atoms with E-state index >= 15 is 0 Å². The molecule has 1 saturated heterocycles. The molecule has 18 heavy (non-hydrogen) atoms. The van der Waals surface area contributed by atoms with Crippen molar-refractivity contribution >= 4 is 11.6 Å². The highest BCUT2D eigenvalue weighted by atomic mass is 35.5. The number of hydrazine groups is 1. The Bertz CT molecular complexity index is 421. The summed E-state index contributed by atoms with van der Waals surface area (Å²) in [4.78, 5) is 0. The summed E-state index contributed by atoms with van der Waals surface area (Å²) in [5.41, 5.74) is 3.39. The molecule has 1 aliphatic heterocycles. The molecule has 5 heteroatoms. The van der Waals surface area contributed by atoms with Gasteiger partial charge in [-0.1, -0.05) is 17.7 Å². The van der Waals surface area contributed by atoms with E-state index in [0.717, 1.165) is 25.0 Å². The van der Waals surface area contributed by atoms with Crippen LogP contribution in [-0.4, -0.2) is 18.2 Å². The molecule has 0 aromatic heterocycles. The van der Waals surface area contributed by atoms with E-state index in [9.17, 15) is 4.39 Å². The topological polar surface area (TPSA) is 47.3 Å². The maximum absolute atomic E-state index is 13.0. The number of hydrogen-bond donors (Lipinski definition) is 2. The zero-order valence-corrected chi connectivity index (χ0v) is 11.1. The molecule has 2 atom stereocenters. The number of nitrogens with two attached hydrogens (primary N) is 1. The first-order valence-electron chi connectivity index (χ1n) is 6.09. The van der Waals surface area contributed by atoms with Crippen LogP contribution < -0.4 is 11.3 Å². The maximum Gasteiger partial charge on any atom is 0.124 e. The highest BCUT2D eigenvalue weighted by Crippen LogP contribution is 2.31. The van der Waals surface area contributed by atoms with Crippen LogP contribution >= 0.6 is 11.6 Å². The predicted molar refractivity (Wildman–Crippen MR) is 69.8 cm³/mol. The van der Waals surface area contributed by atoms with E-state index in [0.29, 0.717) is 11.4 Å². The van der Waals surface area contributed by atoms with Crippen LogP contribution in [0.5, 0.6) is 0 Å². The van der Waals surface area contributed by atoms with E-state index in [4.69, 9.17) is 22.2 Å². The molecular formula is C13H18ClFN2O. The van der Waals surface area contributed by atoms with Gasteiger partial charge >= 0.3 is 0 Å². The van der Waals surface area contributed by atoms with Crippen molar-refractivity contribution in [1.82, 2.24) is 5.43 Å². The number of hydrogen-bond acceptors (Lipinski definition) is 3. The van der Waals surface area contributed by atoms with E-state index < -0.39 is 0 Å². The molecule has 3 N–H and O–H groups in total. The molecule has 3 nitrogen and oxygen atoms in total. The summed E-state index contributed by atoms with van der Waals surface area (Å²) >= 11 is 6.03. The fraction of sp³-hybridized carbons (Fsp3) is 0.538. The SMILES string of the molecule is CC1(C(Cc2ccc(F)cc2Cl)NN)CCCO1. The van der Waals surface area contributed by atoms with Crippen LogP contribution in [0.3, 0.4) is 0 Å². The number of nitrogens with one attached hydrogen (secondary N) is 1.